The van der Waals surface area contributed by atoms with Gasteiger partial charge < -0.3 is 11.1 Å². The Kier molecular flexibility index (Phi) is 3.88. The van der Waals surface area contributed by atoms with E-state index in [-0.39, 0.29) is 11.6 Å². The van der Waals surface area contributed by atoms with Crippen LogP contribution in [-0.4, -0.2) is 16.1 Å². The summed E-state index contributed by atoms with van der Waals surface area (Å²) in [6, 6.07) is 5.20. The third-order valence-corrected chi connectivity index (χ3v) is 3.51. The summed E-state index contributed by atoms with van der Waals surface area (Å²) in [6.07, 6.45) is 0.969. The van der Waals surface area contributed by atoms with Crippen LogP contribution in [0.1, 0.15) is 27.9 Å². The highest BCUT2D eigenvalue weighted by atomic mass is 32.1. The molecule has 0 spiro atoms. The minimum Gasteiger partial charge on any atom is -0.382 e. The maximum absolute atomic E-state index is 11.8. The molecule has 0 saturated carbocycles. The standard InChI is InChI=1S/C12H14N4OS/c1-2-8-5-6-18-10(8)7-14-12(17)9-3-4-11(13)16-15-9/h3-6H,2,7H2,1H3,(H2,13,16)(H,14,17). The lowest BCUT2D eigenvalue weighted by atomic mass is 10.2. The van der Waals surface area contributed by atoms with Crippen LogP contribution in [0.2, 0.25) is 0 Å². The van der Waals surface area contributed by atoms with Crippen molar-refractivity contribution < 1.29 is 4.79 Å². The van der Waals surface area contributed by atoms with Gasteiger partial charge in [-0.3, -0.25) is 4.79 Å². The van der Waals surface area contributed by atoms with Crippen LogP contribution >= 0.6 is 11.3 Å². The molecule has 6 heteroatoms. The van der Waals surface area contributed by atoms with E-state index in [1.807, 2.05) is 5.38 Å². The first-order valence-electron chi connectivity index (χ1n) is 5.63. The fourth-order valence-corrected chi connectivity index (χ4v) is 2.47. The summed E-state index contributed by atoms with van der Waals surface area (Å²) in [6.45, 7) is 2.62. The highest BCUT2D eigenvalue weighted by molar-refractivity contribution is 7.10. The first-order valence-corrected chi connectivity index (χ1v) is 6.51. The molecule has 1 amide bonds. The van der Waals surface area contributed by atoms with Crippen LogP contribution in [0.25, 0.3) is 0 Å². The van der Waals surface area contributed by atoms with Gasteiger partial charge in [0.05, 0.1) is 6.54 Å². The molecule has 2 aromatic heterocycles. The van der Waals surface area contributed by atoms with E-state index in [1.54, 1.807) is 23.5 Å². The van der Waals surface area contributed by atoms with Gasteiger partial charge >= 0.3 is 0 Å². The number of carbonyl (C=O) groups is 1. The van der Waals surface area contributed by atoms with Crippen LogP contribution in [0.15, 0.2) is 23.6 Å². The third-order valence-electron chi connectivity index (χ3n) is 2.55. The van der Waals surface area contributed by atoms with Gasteiger partial charge in [0.25, 0.3) is 5.91 Å². The monoisotopic (exact) mass is 262 g/mol. The smallest absolute Gasteiger partial charge is 0.272 e. The predicted octanol–water partition coefficient (Wildman–Crippen LogP) is 1.61. The number of hydrogen-bond acceptors (Lipinski definition) is 5. The molecule has 2 aromatic rings. The van der Waals surface area contributed by atoms with Crippen molar-refractivity contribution in [2.45, 2.75) is 19.9 Å². The van der Waals surface area contributed by atoms with Gasteiger partial charge in [-0.15, -0.1) is 21.5 Å². The van der Waals surface area contributed by atoms with E-state index in [0.717, 1.165) is 6.42 Å². The molecule has 0 unspecified atom stereocenters. The lowest BCUT2D eigenvalue weighted by molar-refractivity contribution is 0.0945. The van der Waals surface area contributed by atoms with Crippen molar-refractivity contribution in [3.05, 3.63) is 39.7 Å². The number of anilines is 1. The number of nitrogens with one attached hydrogen (secondary N) is 1. The lowest BCUT2D eigenvalue weighted by Gasteiger charge is -2.04. The molecule has 0 radical (unpaired) electrons. The summed E-state index contributed by atoms with van der Waals surface area (Å²) in [5.74, 6) is 0.0658. The number of aromatic nitrogens is 2. The van der Waals surface area contributed by atoms with E-state index >= 15 is 0 Å². The van der Waals surface area contributed by atoms with E-state index in [0.29, 0.717) is 12.4 Å². The fraction of sp³-hybridized carbons (Fsp3) is 0.250. The van der Waals surface area contributed by atoms with Crippen molar-refractivity contribution in [1.82, 2.24) is 15.5 Å². The largest absolute Gasteiger partial charge is 0.382 e. The molecule has 94 valence electrons. The Morgan fingerprint density at radius 3 is 2.89 bits per heavy atom. The number of nitrogen functional groups attached to an aromatic ring is 1. The summed E-state index contributed by atoms with van der Waals surface area (Å²) in [4.78, 5) is 13.0. The fourth-order valence-electron chi connectivity index (χ4n) is 1.55. The highest BCUT2D eigenvalue weighted by Gasteiger charge is 2.09. The Bertz CT molecular complexity index is 535. The van der Waals surface area contributed by atoms with Gasteiger partial charge in [0.2, 0.25) is 0 Å². The maximum Gasteiger partial charge on any atom is 0.272 e. The molecule has 3 N–H and O–H groups in total. The van der Waals surface area contributed by atoms with Crippen molar-refractivity contribution in [2.75, 3.05) is 5.73 Å². The van der Waals surface area contributed by atoms with Crippen molar-refractivity contribution in [2.24, 2.45) is 0 Å². The average Bonchev–Trinajstić information content (AvgIpc) is 2.84. The Morgan fingerprint density at radius 1 is 1.39 bits per heavy atom. The lowest BCUT2D eigenvalue weighted by Crippen LogP contribution is -2.24. The normalized spacial score (nSPS) is 10.3. The minimum atomic E-state index is -0.238. The molecule has 0 aliphatic heterocycles. The van der Waals surface area contributed by atoms with Crippen LogP contribution in [0.3, 0.4) is 0 Å². The third kappa shape index (κ3) is 2.84. The molecule has 0 aliphatic rings. The van der Waals surface area contributed by atoms with E-state index in [4.69, 9.17) is 5.73 Å². The number of nitrogens with two attached hydrogens (primary N) is 1. The first-order chi connectivity index (χ1) is 8.70. The molecule has 0 saturated heterocycles. The number of aryl methyl sites for hydroxylation is 1. The minimum absolute atomic E-state index is 0.238. The average molecular weight is 262 g/mol. The molecule has 2 rings (SSSR count). The van der Waals surface area contributed by atoms with Crippen molar-refractivity contribution in [3.8, 4) is 0 Å². The maximum atomic E-state index is 11.8. The van der Waals surface area contributed by atoms with Gasteiger partial charge in [-0.2, -0.15) is 0 Å². The van der Waals surface area contributed by atoms with Crippen LogP contribution in [0.5, 0.6) is 0 Å². The Labute approximate surface area is 109 Å². The Balaban J connectivity index is 1.98. The molecular formula is C12H14N4OS. The molecule has 0 atom stereocenters. The number of rotatable bonds is 4. The first kappa shape index (κ1) is 12.5. The van der Waals surface area contributed by atoms with Gasteiger partial charge in [-0.05, 0) is 35.6 Å². The zero-order valence-corrected chi connectivity index (χ0v) is 10.8. The topological polar surface area (TPSA) is 80.9 Å². The zero-order chi connectivity index (χ0) is 13.0. The van der Waals surface area contributed by atoms with E-state index < -0.39 is 0 Å². The summed E-state index contributed by atoms with van der Waals surface area (Å²) < 4.78 is 0. The molecule has 0 bridgehead atoms. The van der Waals surface area contributed by atoms with Gasteiger partial charge in [-0.1, -0.05) is 6.92 Å². The molecule has 0 fully saturated rings. The van der Waals surface area contributed by atoms with Crippen LogP contribution in [-0.2, 0) is 13.0 Å². The highest BCUT2D eigenvalue weighted by Crippen LogP contribution is 2.16. The second-order valence-electron chi connectivity index (χ2n) is 3.75. The molecule has 2 heterocycles. The second-order valence-corrected chi connectivity index (χ2v) is 4.75. The Morgan fingerprint density at radius 2 is 2.22 bits per heavy atom. The zero-order valence-electron chi connectivity index (χ0n) is 10.0. The van der Waals surface area contributed by atoms with Gasteiger partial charge in [0.15, 0.2) is 5.69 Å². The van der Waals surface area contributed by atoms with Gasteiger partial charge in [-0.25, -0.2) is 0 Å². The molecule has 18 heavy (non-hydrogen) atoms. The molecular weight excluding hydrogens is 248 g/mol. The summed E-state index contributed by atoms with van der Waals surface area (Å²) in [5.41, 5.74) is 6.96. The van der Waals surface area contributed by atoms with Gasteiger partial charge in [0, 0.05) is 4.88 Å². The second kappa shape index (κ2) is 5.59. The van der Waals surface area contributed by atoms with Crippen molar-refractivity contribution in [3.63, 3.8) is 0 Å². The molecule has 0 aromatic carbocycles. The molecule has 0 aliphatic carbocycles. The quantitative estimate of drug-likeness (QED) is 0.877. The SMILES string of the molecule is CCc1ccsc1CNC(=O)c1ccc(N)nn1. The Hall–Kier alpha value is -1.95. The number of carbonyl (C=O) groups excluding carboxylic acids is 1. The molecule has 5 nitrogen and oxygen atoms in total. The van der Waals surface area contributed by atoms with E-state index in [9.17, 15) is 4.79 Å². The van der Waals surface area contributed by atoms with Crippen molar-refractivity contribution in [1.29, 1.82) is 0 Å². The summed E-state index contributed by atoms with van der Waals surface area (Å²) in [7, 11) is 0. The van der Waals surface area contributed by atoms with E-state index in [2.05, 4.69) is 28.5 Å². The number of thiophene rings is 1. The van der Waals surface area contributed by atoms with Crippen molar-refractivity contribution >= 4 is 23.1 Å². The van der Waals surface area contributed by atoms with Gasteiger partial charge in [0.1, 0.15) is 5.82 Å². The summed E-state index contributed by atoms with van der Waals surface area (Å²) >= 11 is 1.64. The van der Waals surface area contributed by atoms with Crippen LogP contribution in [0.4, 0.5) is 5.82 Å². The van der Waals surface area contributed by atoms with Crippen LogP contribution in [0, 0.1) is 0 Å². The predicted molar refractivity (Wildman–Crippen MR) is 71.3 cm³/mol. The number of amides is 1. The summed E-state index contributed by atoms with van der Waals surface area (Å²) in [5, 5.41) is 12.2. The van der Waals surface area contributed by atoms with Crippen LogP contribution < -0.4 is 11.1 Å². The van der Waals surface area contributed by atoms with E-state index in [1.165, 1.54) is 10.4 Å². The number of nitrogens with zero attached hydrogens (tertiary/aromatic N) is 2. The number of hydrogen-bond donors (Lipinski definition) is 2.